The Morgan fingerprint density at radius 3 is 2.62 bits per heavy atom. The molecule has 1 amide bonds. The Kier molecular flexibility index (Phi) is 7.42. The van der Waals surface area contributed by atoms with Gasteiger partial charge in [0.2, 0.25) is 5.88 Å². The van der Waals surface area contributed by atoms with Crippen LogP contribution in [-0.4, -0.2) is 33.7 Å². The molecular weight excluding hydrogens is 424 g/mol. The second kappa shape index (κ2) is 10.6. The number of aromatic nitrogens is 2. The summed E-state index contributed by atoms with van der Waals surface area (Å²) in [6.45, 7) is 2.12. The van der Waals surface area contributed by atoms with E-state index in [-0.39, 0.29) is 11.8 Å². The molecule has 3 aromatic rings. The van der Waals surface area contributed by atoms with Crippen molar-refractivity contribution in [2.45, 2.75) is 64.3 Å². The third-order valence-corrected chi connectivity index (χ3v) is 6.92. The van der Waals surface area contributed by atoms with Gasteiger partial charge in [0.25, 0.3) is 5.91 Å². The lowest BCUT2D eigenvalue weighted by Crippen LogP contribution is -2.26. The third kappa shape index (κ3) is 5.48. The molecule has 3 N–H and O–H groups in total. The zero-order valence-corrected chi connectivity index (χ0v) is 19.2. The van der Waals surface area contributed by atoms with Crippen LogP contribution in [0, 0.1) is 6.92 Å². The smallest absolute Gasteiger partial charge is 0.257 e. The number of benzene rings is 1. The largest absolute Gasteiger partial charge is 0.492 e. The minimum Gasteiger partial charge on any atom is -0.492 e. The number of hydrogen-bond acceptors (Lipinski definition) is 7. The number of carbonyl (C=O) groups excluding carboxylic acids is 1. The first kappa shape index (κ1) is 22.3. The van der Waals surface area contributed by atoms with Gasteiger partial charge < -0.3 is 20.3 Å². The molecule has 7 nitrogen and oxygen atoms in total. The van der Waals surface area contributed by atoms with Crippen molar-refractivity contribution in [3.05, 3.63) is 46.5 Å². The molecule has 0 unspecified atom stereocenters. The van der Waals surface area contributed by atoms with E-state index in [2.05, 4.69) is 20.8 Å². The van der Waals surface area contributed by atoms with Crippen LogP contribution in [0.2, 0.25) is 0 Å². The molecule has 1 aliphatic rings. The van der Waals surface area contributed by atoms with Gasteiger partial charge in [-0.15, -0.1) is 0 Å². The quantitative estimate of drug-likeness (QED) is 0.447. The molecule has 32 heavy (non-hydrogen) atoms. The van der Waals surface area contributed by atoms with Crippen LogP contribution in [0.5, 0.6) is 5.88 Å². The zero-order valence-electron chi connectivity index (χ0n) is 18.4. The fraction of sp³-hybridized carbons (Fsp3) is 0.458. The highest BCUT2D eigenvalue weighted by Crippen LogP contribution is 2.30. The van der Waals surface area contributed by atoms with E-state index in [9.17, 15) is 9.90 Å². The molecule has 8 heteroatoms. The molecule has 0 radical (unpaired) electrons. The molecule has 0 aliphatic heterocycles. The van der Waals surface area contributed by atoms with E-state index in [0.29, 0.717) is 36.0 Å². The SMILES string of the molecule is Cc1onc(-c2ccccc2)c1C(=O)NCCc1sc(NC2CCCCCCC2)nc1O. The number of aryl methyl sites for hydroxylation is 1. The number of anilines is 1. The van der Waals surface area contributed by atoms with Crippen LogP contribution in [0.4, 0.5) is 5.13 Å². The molecule has 1 aromatic carbocycles. The van der Waals surface area contributed by atoms with Gasteiger partial charge >= 0.3 is 0 Å². The highest BCUT2D eigenvalue weighted by molar-refractivity contribution is 7.15. The van der Waals surface area contributed by atoms with Gasteiger partial charge in [-0.3, -0.25) is 4.79 Å². The van der Waals surface area contributed by atoms with Gasteiger partial charge in [-0.05, 0) is 19.8 Å². The maximum absolute atomic E-state index is 12.8. The van der Waals surface area contributed by atoms with E-state index in [0.717, 1.165) is 28.4 Å². The molecule has 1 fully saturated rings. The van der Waals surface area contributed by atoms with Crippen LogP contribution in [0.25, 0.3) is 11.3 Å². The number of amides is 1. The molecule has 1 aliphatic carbocycles. The number of aromatic hydroxyl groups is 1. The van der Waals surface area contributed by atoms with Crippen LogP contribution in [0.15, 0.2) is 34.9 Å². The fourth-order valence-corrected chi connectivity index (χ4v) is 5.09. The van der Waals surface area contributed by atoms with E-state index in [1.54, 1.807) is 6.92 Å². The Morgan fingerprint density at radius 2 is 1.88 bits per heavy atom. The van der Waals surface area contributed by atoms with Crippen molar-refractivity contribution in [2.75, 3.05) is 11.9 Å². The number of thiazole rings is 1. The predicted octanol–water partition coefficient (Wildman–Crippen LogP) is 5.31. The first-order valence-electron chi connectivity index (χ1n) is 11.4. The Morgan fingerprint density at radius 1 is 1.16 bits per heavy atom. The lowest BCUT2D eigenvalue weighted by atomic mass is 9.97. The fourth-order valence-electron chi connectivity index (χ4n) is 4.15. The number of nitrogens with zero attached hydrogens (tertiary/aromatic N) is 2. The molecule has 1 saturated carbocycles. The van der Waals surface area contributed by atoms with Gasteiger partial charge in [0.1, 0.15) is 17.0 Å². The van der Waals surface area contributed by atoms with Crippen LogP contribution in [0.1, 0.15) is 65.9 Å². The van der Waals surface area contributed by atoms with Crippen molar-refractivity contribution in [1.29, 1.82) is 0 Å². The monoisotopic (exact) mass is 454 g/mol. The molecule has 170 valence electrons. The summed E-state index contributed by atoms with van der Waals surface area (Å²) in [7, 11) is 0. The van der Waals surface area contributed by atoms with Gasteiger partial charge in [0.15, 0.2) is 5.13 Å². The zero-order chi connectivity index (χ0) is 22.3. The van der Waals surface area contributed by atoms with Gasteiger partial charge in [0.05, 0.1) is 4.88 Å². The molecule has 2 aromatic heterocycles. The van der Waals surface area contributed by atoms with Gasteiger partial charge in [0, 0.05) is 24.6 Å². The van der Waals surface area contributed by atoms with Crippen molar-refractivity contribution in [2.24, 2.45) is 0 Å². The second-order valence-electron chi connectivity index (χ2n) is 8.29. The minimum atomic E-state index is -0.237. The number of nitrogens with one attached hydrogen (secondary N) is 2. The Balaban J connectivity index is 1.34. The molecule has 0 spiro atoms. The average molecular weight is 455 g/mol. The Hall–Kier alpha value is -2.87. The maximum Gasteiger partial charge on any atom is 0.257 e. The second-order valence-corrected chi connectivity index (χ2v) is 9.37. The van der Waals surface area contributed by atoms with E-state index >= 15 is 0 Å². The lowest BCUT2D eigenvalue weighted by Gasteiger charge is -2.20. The van der Waals surface area contributed by atoms with Crippen molar-refractivity contribution >= 4 is 22.4 Å². The predicted molar refractivity (Wildman–Crippen MR) is 126 cm³/mol. The summed E-state index contributed by atoms with van der Waals surface area (Å²) in [5, 5.41) is 21.5. The van der Waals surface area contributed by atoms with Crippen LogP contribution >= 0.6 is 11.3 Å². The highest BCUT2D eigenvalue weighted by Gasteiger charge is 2.22. The molecule has 0 saturated heterocycles. The van der Waals surface area contributed by atoms with Crippen LogP contribution < -0.4 is 10.6 Å². The summed E-state index contributed by atoms with van der Waals surface area (Å²) >= 11 is 1.46. The molecule has 2 heterocycles. The van der Waals surface area contributed by atoms with E-state index in [1.807, 2.05) is 30.3 Å². The van der Waals surface area contributed by atoms with E-state index < -0.39 is 0 Å². The van der Waals surface area contributed by atoms with E-state index in [1.165, 1.54) is 43.4 Å². The summed E-state index contributed by atoms with van der Waals surface area (Å²) < 4.78 is 5.28. The van der Waals surface area contributed by atoms with Crippen LogP contribution in [-0.2, 0) is 6.42 Å². The third-order valence-electron chi connectivity index (χ3n) is 5.88. The van der Waals surface area contributed by atoms with Gasteiger partial charge in [-0.1, -0.05) is 78.9 Å². The summed E-state index contributed by atoms with van der Waals surface area (Å²) in [5.74, 6) is 0.288. The number of carbonyl (C=O) groups is 1. The van der Waals surface area contributed by atoms with Crippen molar-refractivity contribution < 1.29 is 14.4 Å². The highest BCUT2D eigenvalue weighted by atomic mass is 32.1. The molecule has 0 atom stereocenters. The topological polar surface area (TPSA) is 100 Å². The number of hydrogen-bond donors (Lipinski definition) is 3. The summed E-state index contributed by atoms with van der Waals surface area (Å²) in [6.07, 6.45) is 9.20. The summed E-state index contributed by atoms with van der Waals surface area (Å²) in [4.78, 5) is 17.9. The summed E-state index contributed by atoms with van der Waals surface area (Å²) in [6, 6.07) is 9.92. The minimum absolute atomic E-state index is 0.0451. The standard InChI is InChI=1S/C24H30N4O3S/c1-16-20(21(28-31-16)17-10-6-5-7-11-17)23(30)25-15-14-19-22(29)27-24(32-19)26-18-12-8-3-2-4-9-13-18/h5-7,10-11,18,29H,2-4,8-9,12-15H2,1H3,(H,25,30)(H,26,27). The Bertz CT molecular complexity index is 1020. The number of rotatable bonds is 7. The van der Waals surface area contributed by atoms with Crippen LogP contribution in [0.3, 0.4) is 0 Å². The van der Waals surface area contributed by atoms with Gasteiger partial charge in [-0.2, -0.15) is 4.98 Å². The molecule has 0 bridgehead atoms. The molecular formula is C24H30N4O3S. The first-order chi connectivity index (χ1) is 15.6. The maximum atomic E-state index is 12.8. The van der Waals surface area contributed by atoms with Crippen molar-refractivity contribution in [1.82, 2.24) is 15.5 Å². The van der Waals surface area contributed by atoms with Crippen molar-refractivity contribution in [3.63, 3.8) is 0 Å². The van der Waals surface area contributed by atoms with E-state index in [4.69, 9.17) is 4.52 Å². The normalized spacial score (nSPS) is 15.2. The molecule has 4 rings (SSSR count). The Labute approximate surface area is 192 Å². The van der Waals surface area contributed by atoms with Crippen molar-refractivity contribution in [3.8, 4) is 17.1 Å². The lowest BCUT2D eigenvalue weighted by molar-refractivity contribution is 0.0953. The average Bonchev–Trinajstić information content (AvgIpc) is 3.32. The summed E-state index contributed by atoms with van der Waals surface area (Å²) in [5.41, 5.74) is 1.81. The van der Waals surface area contributed by atoms with Gasteiger partial charge in [-0.25, -0.2) is 0 Å². The first-order valence-corrected chi connectivity index (χ1v) is 12.2.